The summed E-state index contributed by atoms with van der Waals surface area (Å²) in [4.78, 5) is 62.2. The molecule has 1 aromatic heterocycles. The second kappa shape index (κ2) is 8.36. The lowest BCUT2D eigenvalue weighted by molar-refractivity contribution is -0.158. The summed E-state index contributed by atoms with van der Waals surface area (Å²) in [5, 5.41) is 7.61. The van der Waals surface area contributed by atoms with E-state index in [9.17, 15) is 19.2 Å². The highest BCUT2D eigenvalue weighted by molar-refractivity contribution is 6.00. The Hall–Kier alpha value is -4.34. The predicted octanol–water partition coefficient (Wildman–Crippen LogP) is 1.84. The summed E-state index contributed by atoms with van der Waals surface area (Å²) in [6.45, 7) is 1.30. The van der Waals surface area contributed by atoms with Gasteiger partial charge < -0.3 is 30.3 Å². The first kappa shape index (κ1) is 24.3. The van der Waals surface area contributed by atoms with Gasteiger partial charge in [-0.2, -0.15) is 0 Å². The van der Waals surface area contributed by atoms with Crippen LogP contribution < -0.4 is 10.6 Å². The number of nitrogens with one attached hydrogen (secondary N) is 3. The summed E-state index contributed by atoms with van der Waals surface area (Å²) in [5.74, 6) is 0.0507. The van der Waals surface area contributed by atoms with E-state index >= 15 is 0 Å². The smallest absolute Gasteiger partial charge is 0.247 e. The number of carbonyl (C=O) groups is 4. The topological polar surface area (TPSA) is 118 Å². The first-order valence-electron chi connectivity index (χ1n) is 15.2. The Balaban J connectivity index is 1.10. The third kappa shape index (κ3) is 2.99. The molecule has 0 radical (unpaired) electrons. The fraction of sp³-hybridized carbons (Fsp3) is 0.438. The van der Waals surface area contributed by atoms with Gasteiger partial charge in [-0.15, -0.1) is 0 Å². The second-order valence-corrected chi connectivity index (χ2v) is 12.7. The van der Waals surface area contributed by atoms with Gasteiger partial charge in [0.15, 0.2) is 0 Å². The largest absolute Gasteiger partial charge is 0.364 e. The van der Waals surface area contributed by atoms with Crippen LogP contribution >= 0.6 is 0 Å². The van der Waals surface area contributed by atoms with Crippen molar-refractivity contribution in [2.45, 2.75) is 74.3 Å². The van der Waals surface area contributed by atoms with E-state index in [4.69, 9.17) is 0 Å². The van der Waals surface area contributed by atoms with Crippen LogP contribution in [0.4, 0.5) is 5.69 Å². The second-order valence-electron chi connectivity index (χ2n) is 12.7. The molecule has 6 atom stereocenters. The minimum absolute atomic E-state index is 0.00381. The Morgan fingerprint density at radius 2 is 1.62 bits per heavy atom. The number of hydrogen-bond acceptors (Lipinski definition) is 5. The van der Waals surface area contributed by atoms with Gasteiger partial charge in [-0.25, -0.2) is 0 Å². The third-order valence-corrected chi connectivity index (χ3v) is 10.8. The van der Waals surface area contributed by atoms with Crippen LogP contribution in [0.2, 0.25) is 0 Å². The average molecular weight is 565 g/mol. The summed E-state index contributed by atoms with van der Waals surface area (Å²) in [6.07, 6.45) is 5.70. The zero-order valence-corrected chi connectivity index (χ0v) is 23.1. The molecule has 9 rings (SSSR count). The fourth-order valence-electron chi connectivity index (χ4n) is 8.92. The molecule has 0 saturated carbocycles. The number of hydrogen-bond donors (Lipinski definition) is 3. The van der Waals surface area contributed by atoms with Gasteiger partial charge in [0, 0.05) is 42.3 Å². The Morgan fingerprint density at radius 3 is 2.48 bits per heavy atom. The number of piperazine rings is 2. The van der Waals surface area contributed by atoms with Crippen molar-refractivity contribution in [2.75, 3.05) is 18.4 Å². The van der Waals surface area contributed by atoms with Crippen LogP contribution in [0, 0.1) is 0 Å². The van der Waals surface area contributed by atoms with E-state index in [2.05, 4.69) is 39.9 Å². The maximum absolute atomic E-state index is 13.8. The monoisotopic (exact) mass is 564 g/mol. The van der Waals surface area contributed by atoms with E-state index in [1.54, 1.807) is 9.80 Å². The number of benzene rings is 2. The first-order chi connectivity index (χ1) is 20.5. The van der Waals surface area contributed by atoms with Crippen LogP contribution in [0.3, 0.4) is 0 Å². The van der Waals surface area contributed by atoms with Crippen molar-refractivity contribution in [3.63, 3.8) is 0 Å². The van der Waals surface area contributed by atoms with E-state index in [0.29, 0.717) is 25.9 Å². The maximum Gasteiger partial charge on any atom is 0.247 e. The number of amides is 4. The van der Waals surface area contributed by atoms with Gasteiger partial charge in [0.05, 0.1) is 5.41 Å². The molecule has 0 spiro atoms. The number of nitrogens with zero attached hydrogens (tertiary/aromatic N) is 3. The first-order valence-corrected chi connectivity index (χ1v) is 15.2. The number of aromatic amines is 1. The molecule has 6 aliphatic heterocycles. The van der Waals surface area contributed by atoms with Gasteiger partial charge in [0.1, 0.15) is 30.3 Å². The van der Waals surface area contributed by atoms with E-state index in [1.165, 1.54) is 0 Å². The Kier molecular flexibility index (Phi) is 4.83. The molecule has 10 heteroatoms. The van der Waals surface area contributed by atoms with Crippen LogP contribution in [0.1, 0.15) is 48.8 Å². The zero-order valence-electron chi connectivity index (χ0n) is 23.1. The molecule has 6 aliphatic rings. The maximum atomic E-state index is 13.8. The summed E-state index contributed by atoms with van der Waals surface area (Å²) >= 11 is 0. The summed E-state index contributed by atoms with van der Waals surface area (Å²) in [6, 6.07) is 12.8. The number of anilines is 1. The SMILES string of the molecule is O=C1N[C@@H](Cc2c[nH]c3cc([C@]45C[C@H]6C(=O)N7CCCC7C(=O)N6[C@H]4Nc4ccccc45)ccc23)C(=O)N2CCC[C@@H]12. The number of rotatable bonds is 3. The van der Waals surface area contributed by atoms with Gasteiger partial charge in [0.25, 0.3) is 0 Å². The molecule has 0 bridgehead atoms. The quantitative estimate of drug-likeness (QED) is 0.449. The van der Waals surface area contributed by atoms with E-state index in [-0.39, 0.29) is 41.9 Å². The standard InChI is InChI=1S/C32H32N6O4/c39-27-24-7-3-11-36(24)28(40)23(34-27)13-17-16-33-22-14-18(9-10-19(17)22)32-15-26-29(41)37-12-4-8-25(37)30(42)38(26)31(32)35-21-6-2-1-5-20(21)32/h1-2,5-6,9-10,14,16,23-26,31,33,35H,3-4,7-8,11-13,15H2,(H,34,39)/t23-,24-,25?,26-,31+,32-/m0/s1. The minimum atomic E-state index is -0.579. The van der Waals surface area contributed by atoms with Crippen molar-refractivity contribution in [1.82, 2.24) is 25.0 Å². The molecule has 5 fully saturated rings. The summed E-state index contributed by atoms with van der Waals surface area (Å²) < 4.78 is 0. The highest BCUT2D eigenvalue weighted by Crippen LogP contribution is 2.56. The minimum Gasteiger partial charge on any atom is -0.364 e. The Labute approximate surface area is 242 Å². The molecular formula is C32H32N6O4. The number of para-hydroxylation sites is 1. The van der Waals surface area contributed by atoms with Crippen molar-refractivity contribution >= 4 is 40.2 Å². The molecule has 2 aromatic carbocycles. The van der Waals surface area contributed by atoms with Crippen molar-refractivity contribution < 1.29 is 19.2 Å². The normalized spacial score (nSPS) is 33.0. The third-order valence-electron chi connectivity index (χ3n) is 10.8. The molecule has 10 nitrogen and oxygen atoms in total. The summed E-state index contributed by atoms with van der Waals surface area (Å²) in [5.41, 5.74) is 4.46. The number of fused-ring (bicyclic) bond motifs is 8. The number of carbonyl (C=O) groups excluding carboxylic acids is 4. The molecule has 5 saturated heterocycles. The van der Waals surface area contributed by atoms with Crippen LogP contribution in [-0.2, 0) is 31.0 Å². The molecule has 4 amide bonds. The fourth-order valence-corrected chi connectivity index (χ4v) is 8.92. The van der Waals surface area contributed by atoms with E-state index in [0.717, 1.165) is 59.0 Å². The summed E-state index contributed by atoms with van der Waals surface area (Å²) in [7, 11) is 0. The predicted molar refractivity (Wildman–Crippen MR) is 153 cm³/mol. The van der Waals surface area contributed by atoms with Crippen molar-refractivity contribution in [3.05, 3.63) is 65.4 Å². The van der Waals surface area contributed by atoms with Crippen molar-refractivity contribution in [1.29, 1.82) is 0 Å². The van der Waals surface area contributed by atoms with E-state index in [1.807, 2.05) is 29.3 Å². The van der Waals surface area contributed by atoms with Gasteiger partial charge >= 0.3 is 0 Å². The lowest BCUT2D eigenvalue weighted by Gasteiger charge is -2.41. The van der Waals surface area contributed by atoms with Gasteiger partial charge in [-0.3, -0.25) is 19.2 Å². The molecular weight excluding hydrogens is 532 g/mol. The molecule has 3 N–H and O–H groups in total. The van der Waals surface area contributed by atoms with Crippen LogP contribution in [0.5, 0.6) is 0 Å². The lowest BCUT2D eigenvalue weighted by Crippen LogP contribution is -2.63. The molecule has 3 aromatic rings. The van der Waals surface area contributed by atoms with Gasteiger partial charge in [0.2, 0.25) is 23.6 Å². The van der Waals surface area contributed by atoms with E-state index < -0.39 is 17.5 Å². The van der Waals surface area contributed by atoms with Crippen LogP contribution in [-0.4, -0.2) is 86.7 Å². The van der Waals surface area contributed by atoms with Crippen LogP contribution in [0.15, 0.2) is 48.7 Å². The van der Waals surface area contributed by atoms with Gasteiger partial charge in [-0.05, 0) is 60.9 Å². The average Bonchev–Trinajstić information content (AvgIpc) is 3.82. The molecule has 1 unspecified atom stereocenters. The van der Waals surface area contributed by atoms with Crippen molar-refractivity contribution in [3.8, 4) is 0 Å². The highest BCUT2D eigenvalue weighted by atomic mass is 16.2. The molecule has 0 aliphatic carbocycles. The highest BCUT2D eigenvalue weighted by Gasteiger charge is 2.65. The number of aromatic nitrogens is 1. The zero-order chi connectivity index (χ0) is 28.3. The Morgan fingerprint density at radius 1 is 0.833 bits per heavy atom. The Bertz CT molecular complexity index is 1720. The molecule has 214 valence electrons. The van der Waals surface area contributed by atoms with Crippen LogP contribution in [0.25, 0.3) is 10.9 Å². The van der Waals surface area contributed by atoms with Crippen molar-refractivity contribution in [2.24, 2.45) is 0 Å². The van der Waals surface area contributed by atoms with Gasteiger partial charge in [-0.1, -0.05) is 30.3 Å². The molecule has 42 heavy (non-hydrogen) atoms. The number of H-pyrrole nitrogens is 1. The lowest BCUT2D eigenvalue weighted by atomic mass is 9.72. The molecule has 7 heterocycles.